The van der Waals surface area contributed by atoms with Crippen molar-refractivity contribution in [2.24, 2.45) is 0 Å². The van der Waals surface area contributed by atoms with Crippen molar-refractivity contribution in [1.29, 1.82) is 0 Å². The van der Waals surface area contributed by atoms with E-state index in [9.17, 15) is 0 Å². The molecule has 3 aromatic rings. The topological polar surface area (TPSA) is 21.1 Å². The average molecular weight is 317 g/mol. The van der Waals surface area contributed by atoms with Gasteiger partial charge in [-0.1, -0.05) is 17.7 Å². The maximum absolute atomic E-state index is 4.38. The first-order valence-corrected chi connectivity index (χ1v) is 8.53. The highest BCUT2D eigenvalue weighted by atomic mass is 15.1. The second-order valence-corrected chi connectivity index (χ2v) is 6.85. The van der Waals surface area contributed by atoms with Crippen LogP contribution < -0.4 is 0 Å². The molecule has 1 aliphatic rings. The summed E-state index contributed by atoms with van der Waals surface area (Å²) in [6.07, 6.45) is 7.39. The van der Waals surface area contributed by atoms with Gasteiger partial charge in [-0.15, -0.1) is 0 Å². The molecule has 0 atom stereocenters. The Morgan fingerprint density at radius 1 is 1.12 bits per heavy atom. The minimum Gasteiger partial charge on any atom is -0.320 e. The minimum absolute atomic E-state index is 1.03. The van der Waals surface area contributed by atoms with Crippen LogP contribution in [0.4, 0.5) is 0 Å². The molecule has 0 bridgehead atoms. The SMILES string of the molecule is Cc1ccc2c(c1)c1c(n2/C=C/c2ccc(C)nc2)CCN(C)C1. The molecule has 0 spiro atoms. The van der Waals surface area contributed by atoms with Crippen molar-refractivity contribution < 1.29 is 0 Å². The number of rotatable bonds is 2. The summed E-state index contributed by atoms with van der Waals surface area (Å²) in [5, 5.41) is 1.39. The Hall–Kier alpha value is -2.39. The van der Waals surface area contributed by atoms with Crippen LogP contribution in [0.3, 0.4) is 0 Å². The van der Waals surface area contributed by atoms with Gasteiger partial charge in [0.25, 0.3) is 0 Å². The van der Waals surface area contributed by atoms with Gasteiger partial charge >= 0.3 is 0 Å². The number of aromatic nitrogens is 2. The minimum atomic E-state index is 1.03. The van der Waals surface area contributed by atoms with E-state index in [1.165, 1.54) is 27.7 Å². The fourth-order valence-corrected chi connectivity index (χ4v) is 3.55. The Kier molecular flexibility index (Phi) is 3.73. The van der Waals surface area contributed by atoms with Gasteiger partial charge in [0, 0.05) is 48.7 Å². The Labute approximate surface area is 143 Å². The lowest BCUT2D eigenvalue weighted by atomic mass is 10.0. The van der Waals surface area contributed by atoms with Crippen molar-refractivity contribution >= 4 is 23.2 Å². The van der Waals surface area contributed by atoms with Crippen LogP contribution in [0.1, 0.15) is 28.1 Å². The van der Waals surface area contributed by atoms with Crippen molar-refractivity contribution in [3.05, 3.63) is 64.6 Å². The summed E-state index contributed by atoms with van der Waals surface area (Å²) >= 11 is 0. The van der Waals surface area contributed by atoms with Crippen LogP contribution in [0.25, 0.3) is 23.2 Å². The van der Waals surface area contributed by atoms with Crippen molar-refractivity contribution in [3.8, 4) is 0 Å². The summed E-state index contributed by atoms with van der Waals surface area (Å²) in [6.45, 7) is 6.33. The lowest BCUT2D eigenvalue weighted by molar-refractivity contribution is 0.312. The molecular formula is C21H23N3. The highest BCUT2D eigenvalue weighted by molar-refractivity contribution is 5.89. The Balaban J connectivity index is 1.84. The zero-order valence-corrected chi connectivity index (χ0v) is 14.6. The van der Waals surface area contributed by atoms with Crippen LogP contribution in [0.5, 0.6) is 0 Å². The standard InChI is InChI=1S/C21H23N3/c1-15-4-7-20-18(12-15)19-14-23(3)10-9-21(19)24(20)11-8-17-6-5-16(2)22-13-17/h4-8,11-13H,9-10,14H2,1-3H3/b11-8+. The van der Waals surface area contributed by atoms with E-state index in [0.29, 0.717) is 0 Å². The van der Waals surface area contributed by atoms with Crippen molar-refractivity contribution in [1.82, 2.24) is 14.5 Å². The number of pyridine rings is 1. The van der Waals surface area contributed by atoms with E-state index in [1.54, 1.807) is 0 Å². The van der Waals surface area contributed by atoms with E-state index in [4.69, 9.17) is 0 Å². The van der Waals surface area contributed by atoms with Crippen LogP contribution in [0, 0.1) is 13.8 Å². The zero-order chi connectivity index (χ0) is 16.7. The quantitative estimate of drug-likeness (QED) is 0.704. The summed E-state index contributed by atoms with van der Waals surface area (Å²) in [5.74, 6) is 0. The van der Waals surface area contributed by atoms with E-state index in [0.717, 1.165) is 30.8 Å². The highest BCUT2D eigenvalue weighted by Gasteiger charge is 2.21. The largest absolute Gasteiger partial charge is 0.320 e. The van der Waals surface area contributed by atoms with Gasteiger partial charge in [0.2, 0.25) is 0 Å². The van der Waals surface area contributed by atoms with Gasteiger partial charge < -0.3 is 9.47 Å². The van der Waals surface area contributed by atoms with Crippen LogP contribution in [-0.2, 0) is 13.0 Å². The number of aryl methyl sites for hydroxylation is 2. The number of hydrogen-bond donors (Lipinski definition) is 0. The molecule has 3 heterocycles. The van der Waals surface area contributed by atoms with E-state index in [1.807, 2.05) is 13.1 Å². The molecule has 1 aliphatic heterocycles. The summed E-state index contributed by atoms with van der Waals surface area (Å²) in [6, 6.07) is 11.0. The van der Waals surface area contributed by atoms with Crippen molar-refractivity contribution in [2.45, 2.75) is 26.8 Å². The van der Waals surface area contributed by atoms with Gasteiger partial charge in [-0.25, -0.2) is 0 Å². The number of nitrogens with zero attached hydrogens (tertiary/aromatic N) is 3. The highest BCUT2D eigenvalue weighted by Crippen LogP contribution is 2.31. The predicted molar refractivity (Wildman–Crippen MR) is 101 cm³/mol. The molecule has 0 saturated heterocycles. The third-order valence-corrected chi connectivity index (χ3v) is 4.88. The molecule has 4 rings (SSSR count). The third-order valence-electron chi connectivity index (χ3n) is 4.88. The maximum atomic E-state index is 4.38. The average Bonchev–Trinajstić information content (AvgIpc) is 2.87. The van der Waals surface area contributed by atoms with Gasteiger partial charge in [-0.2, -0.15) is 0 Å². The molecule has 24 heavy (non-hydrogen) atoms. The molecule has 0 fully saturated rings. The first kappa shape index (κ1) is 15.2. The molecule has 3 heteroatoms. The van der Waals surface area contributed by atoms with Gasteiger partial charge in [-0.3, -0.25) is 4.98 Å². The molecule has 0 amide bonds. The van der Waals surface area contributed by atoms with Crippen LogP contribution in [-0.4, -0.2) is 28.0 Å². The van der Waals surface area contributed by atoms with Gasteiger partial charge in [-0.05, 0) is 56.3 Å². The molecular weight excluding hydrogens is 294 g/mol. The summed E-state index contributed by atoms with van der Waals surface area (Å²) in [5.41, 5.74) is 7.74. The summed E-state index contributed by atoms with van der Waals surface area (Å²) in [7, 11) is 2.20. The van der Waals surface area contributed by atoms with E-state index >= 15 is 0 Å². The van der Waals surface area contributed by atoms with E-state index < -0.39 is 0 Å². The fraction of sp³-hybridized carbons (Fsp3) is 0.286. The smallest absolute Gasteiger partial charge is 0.0528 e. The Morgan fingerprint density at radius 2 is 2.00 bits per heavy atom. The van der Waals surface area contributed by atoms with Crippen LogP contribution in [0.15, 0.2) is 36.5 Å². The van der Waals surface area contributed by atoms with Crippen LogP contribution >= 0.6 is 0 Å². The van der Waals surface area contributed by atoms with Gasteiger partial charge in [0.05, 0.1) is 5.52 Å². The van der Waals surface area contributed by atoms with E-state index in [2.05, 4.69) is 71.0 Å². The lowest BCUT2D eigenvalue weighted by Gasteiger charge is -2.23. The number of fused-ring (bicyclic) bond motifs is 3. The Bertz CT molecular complexity index is 916. The molecule has 0 N–H and O–H groups in total. The predicted octanol–water partition coefficient (Wildman–Crippen LogP) is 4.27. The molecule has 0 saturated carbocycles. The molecule has 2 aromatic heterocycles. The molecule has 0 aliphatic carbocycles. The van der Waals surface area contributed by atoms with Gasteiger partial charge in [0.15, 0.2) is 0 Å². The zero-order valence-electron chi connectivity index (χ0n) is 14.6. The number of hydrogen-bond acceptors (Lipinski definition) is 2. The van der Waals surface area contributed by atoms with E-state index in [-0.39, 0.29) is 0 Å². The normalized spacial score (nSPS) is 15.3. The monoisotopic (exact) mass is 317 g/mol. The number of likely N-dealkylation sites (N-methyl/N-ethyl adjacent to an activating group) is 1. The molecule has 0 radical (unpaired) electrons. The van der Waals surface area contributed by atoms with Crippen molar-refractivity contribution in [3.63, 3.8) is 0 Å². The lowest BCUT2D eigenvalue weighted by Crippen LogP contribution is -2.26. The third kappa shape index (κ3) is 2.65. The maximum Gasteiger partial charge on any atom is 0.0528 e. The first-order valence-electron chi connectivity index (χ1n) is 8.53. The van der Waals surface area contributed by atoms with Crippen LogP contribution in [0.2, 0.25) is 0 Å². The molecule has 0 unspecified atom stereocenters. The first-order chi connectivity index (χ1) is 11.6. The van der Waals surface area contributed by atoms with Gasteiger partial charge in [0.1, 0.15) is 0 Å². The second-order valence-electron chi connectivity index (χ2n) is 6.85. The Morgan fingerprint density at radius 3 is 2.79 bits per heavy atom. The molecule has 1 aromatic carbocycles. The molecule has 3 nitrogen and oxygen atoms in total. The summed E-state index contributed by atoms with van der Waals surface area (Å²) < 4.78 is 2.37. The fourth-order valence-electron chi connectivity index (χ4n) is 3.55. The second kappa shape index (κ2) is 5.91. The number of benzene rings is 1. The summed E-state index contributed by atoms with van der Waals surface area (Å²) in [4.78, 5) is 6.79. The molecule has 122 valence electrons. The van der Waals surface area contributed by atoms with Crippen molar-refractivity contribution in [2.75, 3.05) is 13.6 Å².